The summed E-state index contributed by atoms with van der Waals surface area (Å²) in [7, 11) is 0. The third kappa shape index (κ3) is 4.29. The quantitative estimate of drug-likeness (QED) is 0.673. The van der Waals surface area contributed by atoms with Gasteiger partial charge in [-0.25, -0.2) is 9.97 Å². The molecule has 1 N–H and O–H groups in total. The first kappa shape index (κ1) is 18.7. The van der Waals surface area contributed by atoms with Crippen LogP contribution in [0.4, 0.5) is 11.6 Å². The summed E-state index contributed by atoms with van der Waals surface area (Å²) < 4.78 is 0. The average Bonchev–Trinajstić information content (AvgIpc) is 3.25. The fourth-order valence-corrected chi connectivity index (χ4v) is 3.47. The van der Waals surface area contributed by atoms with Crippen molar-refractivity contribution in [3.05, 3.63) is 78.1 Å². The molecular formula is C22H22N6O. The summed E-state index contributed by atoms with van der Waals surface area (Å²) in [5.41, 5.74) is 2.67. The number of aromatic nitrogens is 4. The molecule has 1 saturated heterocycles. The summed E-state index contributed by atoms with van der Waals surface area (Å²) in [5, 5.41) is 3.29. The molecule has 146 valence electrons. The number of nitrogens with one attached hydrogen (secondary N) is 1. The van der Waals surface area contributed by atoms with Gasteiger partial charge in [0.05, 0.1) is 6.04 Å². The Kier molecular flexibility index (Phi) is 5.56. The van der Waals surface area contributed by atoms with E-state index in [0.717, 1.165) is 35.5 Å². The zero-order valence-corrected chi connectivity index (χ0v) is 16.2. The Hall–Kier alpha value is -3.61. The minimum absolute atomic E-state index is 0.0398. The Bertz CT molecular complexity index is 1020. The molecular weight excluding hydrogens is 364 g/mol. The number of hydrogen-bond donors (Lipinski definition) is 1. The predicted molar refractivity (Wildman–Crippen MR) is 111 cm³/mol. The van der Waals surface area contributed by atoms with Crippen molar-refractivity contribution >= 4 is 23.6 Å². The van der Waals surface area contributed by atoms with Crippen molar-refractivity contribution in [3.63, 3.8) is 0 Å². The van der Waals surface area contributed by atoms with Gasteiger partial charge in [0.1, 0.15) is 11.5 Å². The van der Waals surface area contributed by atoms with Crippen LogP contribution in [0.2, 0.25) is 0 Å². The molecule has 29 heavy (non-hydrogen) atoms. The molecule has 0 bridgehead atoms. The summed E-state index contributed by atoms with van der Waals surface area (Å²) in [6, 6.07) is 7.52. The van der Waals surface area contributed by atoms with Crippen LogP contribution >= 0.6 is 0 Å². The van der Waals surface area contributed by atoms with Gasteiger partial charge in [-0.1, -0.05) is 12.1 Å². The zero-order valence-electron chi connectivity index (χ0n) is 16.2. The van der Waals surface area contributed by atoms with Gasteiger partial charge in [0.15, 0.2) is 5.82 Å². The fraction of sp³-hybridized carbons (Fsp3) is 0.227. The number of rotatable bonds is 5. The third-order valence-electron chi connectivity index (χ3n) is 4.93. The molecule has 1 aliphatic rings. The molecule has 0 unspecified atom stereocenters. The average molecular weight is 386 g/mol. The van der Waals surface area contributed by atoms with E-state index in [2.05, 4.69) is 25.3 Å². The molecule has 4 heterocycles. The monoisotopic (exact) mass is 386 g/mol. The lowest BCUT2D eigenvalue weighted by molar-refractivity contribution is -0.126. The van der Waals surface area contributed by atoms with Gasteiger partial charge in [-0.3, -0.25) is 14.8 Å². The number of hydrogen-bond acceptors (Lipinski definition) is 6. The van der Waals surface area contributed by atoms with Crippen molar-refractivity contribution in [3.8, 4) is 0 Å². The van der Waals surface area contributed by atoms with E-state index in [9.17, 15) is 4.79 Å². The summed E-state index contributed by atoms with van der Waals surface area (Å²) in [6.45, 7) is 2.68. The maximum Gasteiger partial charge on any atom is 0.247 e. The highest BCUT2D eigenvalue weighted by Crippen LogP contribution is 2.35. The Morgan fingerprint density at radius 1 is 1.10 bits per heavy atom. The van der Waals surface area contributed by atoms with Crippen molar-refractivity contribution in [1.82, 2.24) is 24.8 Å². The second-order valence-electron chi connectivity index (χ2n) is 6.89. The smallest absolute Gasteiger partial charge is 0.247 e. The lowest BCUT2D eigenvalue weighted by Crippen LogP contribution is -2.30. The van der Waals surface area contributed by atoms with Crippen molar-refractivity contribution < 1.29 is 4.79 Å². The molecule has 7 nitrogen and oxygen atoms in total. The topological polar surface area (TPSA) is 83.9 Å². The van der Waals surface area contributed by atoms with E-state index in [1.807, 2.05) is 36.1 Å². The predicted octanol–water partition coefficient (Wildman–Crippen LogP) is 3.70. The van der Waals surface area contributed by atoms with E-state index in [-0.39, 0.29) is 11.9 Å². The van der Waals surface area contributed by atoms with Crippen LogP contribution in [-0.2, 0) is 4.79 Å². The van der Waals surface area contributed by atoms with Crippen LogP contribution in [0.25, 0.3) is 6.08 Å². The molecule has 1 amide bonds. The molecule has 7 heteroatoms. The number of nitrogens with zero attached hydrogens (tertiary/aromatic N) is 5. The molecule has 0 saturated carbocycles. The molecule has 0 aromatic carbocycles. The van der Waals surface area contributed by atoms with Crippen LogP contribution in [0.5, 0.6) is 0 Å². The molecule has 0 spiro atoms. The van der Waals surface area contributed by atoms with Crippen LogP contribution in [0.1, 0.15) is 35.7 Å². The summed E-state index contributed by atoms with van der Waals surface area (Å²) in [5.74, 6) is 1.33. The highest BCUT2D eigenvalue weighted by atomic mass is 16.2. The first-order valence-corrected chi connectivity index (χ1v) is 9.60. The number of anilines is 2. The minimum Gasteiger partial charge on any atom is -0.330 e. The Morgan fingerprint density at radius 2 is 1.93 bits per heavy atom. The third-order valence-corrected chi connectivity index (χ3v) is 4.93. The van der Waals surface area contributed by atoms with Crippen LogP contribution in [0.15, 0.2) is 61.3 Å². The van der Waals surface area contributed by atoms with E-state index in [1.165, 1.54) is 0 Å². The largest absolute Gasteiger partial charge is 0.330 e. The van der Waals surface area contributed by atoms with Gasteiger partial charge in [0.25, 0.3) is 0 Å². The number of likely N-dealkylation sites (tertiary alicyclic amines) is 1. The lowest BCUT2D eigenvalue weighted by Gasteiger charge is -2.24. The van der Waals surface area contributed by atoms with Gasteiger partial charge in [-0.05, 0) is 49.1 Å². The lowest BCUT2D eigenvalue weighted by atomic mass is 10.1. The van der Waals surface area contributed by atoms with Crippen molar-refractivity contribution in [2.24, 2.45) is 0 Å². The second kappa shape index (κ2) is 8.60. The maximum absolute atomic E-state index is 12.9. The van der Waals surface area contributed by atoms with Gasteiger partial charge in [0, 0.05) is 43.6 Å². The molecule has 0 aliphatic carbocycles. The normalized spacial score (nSPS) is 16.3. The number of aryl methyl sites for hydroxylation is 1. The standard InChI is InChI=1S/C22H22N6O/c1-16-5-2-11-25-21(16)27-22-20(24-12-13-26-22)18-7-4-14-28(18)19(29)9-8-17-6-3-10-23-15-17/h2-3,5-6,8-13,15,18H,4,7,14H2,1H3,(H,25,26,27)/b9-8+/t18-/m1/s1. The molecule has 4 rings (SSSR count). The van der Waals surface area contributed by atoms with E-state index >= 15 is 0 Å². The van der Waals surface area contributed by atoms with Crippen LogP contribution in [0.3, 0.4) is 0 Å². The molecule has 3 aromatic heterocycles. The van der Waals surface area contributed by atoms with Crippen LogP contribution in [0, 0.1) is 6.92 Å². The zero-order chi connectivity index (χ0) is 20.1. The van der Waals surface area contributed by atoms with Gasteiger partial charge < -0.3 is 10.2 Å². The minimum atomic E-state index is -0.124. The van der Waals surface area contributed by atoms with Gasteiger partial charge in [-0.2, -0.15) is 0 Å². The highest BCUT2D eigenvalue weighted by Gasteiger charge is 2.32. The first-order chi connectivity index (χ1) is 14.2. The highest BCUT2D eigenvalue weighted by molar-refractivity contribution is 5.92. The van der Waals surface area contributed by atoms with Crippen molar-refractivity contribution in [1.29, 1.82) is 0 Å². The molecule has 1 aliphatic heterocycles. The number of pyridine rings is 2. The molecule has 1 atom stereocenters. The van der Waals surface area contributed by atoms with E-state index in [0.29, 0.717) is 12.4 Å². The Morgan fingerprint density at radius 3 is 2.76 bits per heavy atom. The SMILES string of the molecule is Cc1cccnc1Nc1nccnc1[C@H]1CCCN1C(=O)/C=C/c1cccnc1. The van der Waals surface area contributed by atoms with Gasteiger partial charge in [-0.15, -0.1) is 0 Å². The summed E-state index contributed by atoms with van der Waals surface area (Å²) in [6.07, 6.45) is 13.6. The fourth-order valence-electron chi connectivity index (χ4n) is 3.47. The molecule has 3 aromatic rings. The van der Waals surface area contributed by atoms with E-state index in [1.54, 1.807) is 43.1 Å². The van der Waals surface area contributed by atoms with Crippen molar-refractivity contribution in [2.45, 2.75) is 25.8 Å². The summed E-state index contributed by atoms with van der Waals surface area (Å²) >= 11 is 0. The number of carbonyl (C=O) groups is 1. The number of amides is 1. The first-order valence-electron chi connectivity index (χ1n) is 9.60. The molecule has 0 radical (unpaired) electrons. The molecule has 1 fully saturated rings. The van der Waals surface area contributed by atoms with Crippen LogP contribution < -0.4 is 5.32 Å². The second-order valence-corrected chi connectivity index (χ2v) is 6.89. The van der Waals surface area contributed by atoms with E-state index in [4.69, 9.17) is 0 Å². The van der Waals surface area contributed by atoms with Gasteiger partial charge in [0.2, 0.25) is 5.91 Å². The summed E-state index contributed by atoms with van der Waals surface area (Å²) in [4.78, 5) is 32.2. The van der Waals surface area contributed by atoms with Crippen molar-refractivity contribution in [2.75, 3.05) is 11.9 Å². The van der Waals surface area contributed by atoms with Crippen LogP contribution in [-0.4, -0.2) is 37.3 Å². The maximum atomic E-state index is 12.9. The number of carbonyl (C=O) groups excluding carboxylic acids is 1. The Balaban J connectivity index is 1.57. The van der Waals surface area contributed by atoms with Gasteiger partial charge >= 0.3 is 0 Å². The Labute approximate surface area is 169 Å². The van der Waals surface area contributed by atoms with E-state index < -0.39 is 0 Å².